The highest BCUT2D eigenvalue weighted by molar-refractivity contribution is 4.88. The molecule has 0 aromatic rings. The van der Waals surface area contributed by atoms with Crippen LogP contribution in [0.15, 0.2) is 24.3 Å². The number of hydrogen-bond acceptors (Lipinski definition) is 3. The van der Waals surface area contributed by atoms with Crippen molar-refractivity contribution in [2.45, 2.75) is 20.0 Å². The summed E-state index contributed by atoms with van der Waals surface area (Å²) >= 11 is 0. The maximum absolute atomic E-state index is 9.37. The van der Waals surface area contributed by atoms with Crippen LogP contribution in [0.5, 0.6) is 0 Å². The van der Waals surface area contributed by atoms with Gasteiger partial charge in [-0.05, 0) is 13.8 Å². The molecule has 0 unspecified atom stereocenters. The lowest BCUT2D eigenvalue weighted by Crippen LogP contribution is -2.22. The molecule has 0 aromatic carbocycles. The number of ether oxygens (including phenoxy) is 2. The number of aliphatic hydroxyl groups excluding tert-OH is 1. The highest BCUT2D eigenvalue weighted by atomic mass is 16.5. The smallest absolute Gasteiger partial charge is 0.101 e. The molecule has 0 spiro atoms. The standard InChI is InChI=1S/C11H20O3/c1-9(2)5-13-7-11(12)8-14-6-10(3)4/h11-12H,1,3,5-8H2,2,4H3. The molecule has 1 N–H and O–H groups in total. The molecule has 0 saturated heterocycles. The third-order valence-electron chi connectivity index (χ3n) is 1.32. The Morgan fingerprint density at radius 2 is 1.43 bits per heavy atom. The molecule has 0 aliphatic heterocycles. The molecule has 0 heterocycles. The third kappa shape index (κ3) is 9.45. The van der Waals surface area contributed by atoms with Crippen molar-refractivity contribution in [3.63, 3.8) is 0 Å². The van der Waals surface area contributed by atoms with Crippen LogP contribution in [0, 0.1) is 0 Å². The lowest BCUT2D eigenvalue weighted by atomic mass is 10.3. The van der Waals surface area contributed by atoms with Crippen molar-refractivity contribution in [3.8, 4) is 0 Å². The minimum Gasteiger partial charge on any atom is -0.388 e. The molecule has 0 rings (SSSR count). The second-order valence-electron chi connectivity index (χ2n) is 3.60. The predicted octanol–water partition coefficient (Wildman–Crippen LogP) is 1.53. The van der Waals surface area contributed by atoms with Crippen molar-refractivity contribution < 1.29 is 14.6 Å². The zero-order chi connectivity index (χ0) is 11.0. The van der Waals surface area contributed by atoms with Crippen LogP contribution in [-0.4, -0.2) is 37.6 Å². The first-order valence-electron chi connectivity index (χ1n) is 4.64. The van der Waals surface area contributed by atoms with Crippen molar-refractivity contribution in [3.05, 3.63) is 24.3 Å². The fourth-order valence-corrected chi connectivity index (χ4v) is 0.787. The lowest BCUT2D eigenvalue weighted by molar-refractivity contribution is -0.00896. The highest BCUT2D eigenvalue weighted by Crippen LogP contribution is 1.94. The number of rotatable bonds is 8. The van der Waals surface area contributed by atoms with Gasteiger partial charge in [-0.3, -0.25) is 0 Å². The van der Waals surface area contributed by atoms with Crippen LogP contribution in [0.1, 0.15) is 13.8 Å². The molecule has 0 bridgehead atoms. The van der Waals surface area contributed by atoms with E-state index in [0.717, 1.165) is 11.1 Å². The monoisotopic (exact) mass is 200 g/mol. The Labute approximate surface area is 86.0 Å². The van der Waals surface area contributed by atoms with E-state index in [2.05, 4.69) is 13.2 Å². The Balaban J connectivity index is 3.32. The summed E-state index contributed by atoms with van der Waals surface area (Å²) in [4.78, 5) is 0. The van der Waals surface area contributed by atoms with Gasteiger partial charge in [0.25, 0.3) is 0 Å². The molecule has 3 heteroatoms. The molecular formula is C11H20O3. The molecule has 3 nitrogen and oxygen atoms in total. The van der Waals surface area contributed by atoms with Crippen LogP contribution >= 0.6 is 0 Å². The van der Waals surface area contributed by atoms with Crippen LogP contribution in [0.4, 0.5) is 0 Å². The average Bonchev–Trinajstić information content (AvgIpc) is 2.02. The van der Waals surface area contributed by atoms with E-state index in [1.807, 2.05) is 13.8 Å². The third-order valence-corrected chi connectivity index (χ3v) is 1.32. The van der Waals surface area contributed by atoms with E-state index in [9.17, 15) is 5.11 Å². The van der Waals surface area contributed by atoms with Gasteiger partial charge in [0.15, 0.2) is 0 Å². The van der Waals surface area contributed by atoms with Gasteiger partial charge in [0.1, 0.15) is 6.10 Å². The van der Waals surface area contributed by atoms with Gasteiger partial charge in [0.05, 0.1) is 26.4 Å². The summed E-state index contributed by atoms with van der Waals surface area (Å²) in [5.74, 6) is 0. The van der Waals surface area contributed by atoms with Crippen LogP contribution in [-0.2, 0) is 9.47 Å². The summed E-state index contributed by atoms with van der Waals surface area (Å²) in [5.41, 5.74) is 1.89. The second-order valence-corrected chi connectivity index (χ2v) is 3.60. The largest absolute Gasteiger partial charge is 0.388 e. The zero-order valence-corrected chi connectivity index (χ0v) is 9.08. The molecule has 0 saturated carbocycles. The van der Waals surface area contributed by atoms with Crippen molar-refractivity contribution >= 4 is 0 Å². The van der Waals surface area contributed by atoms with Gasteiger partial charge in [-0.15, -0.1) is 0 Å². The minimum absolute atomic E-state index is 0.281. The SMILES string of the molecule is C=C(C)COCC(O)COCC(=C)C. The zero-order valence-electron chi connectivity index (χ0n) is 9.08. The van der Waals surface area contributed by atoms with E-state index in [0.29, 0.717) is 13.2 Å². The average molecular weight is 200 g/mol. The Kier molecular flexibility index (Phi) is 7.38. The molecule has 0 amide bonds. The molecule has 0 radical (unpaired) electrons. The summed E-state index contributed by atoms with van der Waals surface area (Å²) in [5, 5.41) is 9.37. The Hall–Kier alpha value is -0.640. The van der Waals surface area contributed by atoms with E-state index >= 15 is 0 Å². The molecular weight excluding hydrogens is 180 g/mol. The second kappa shape index (κ2) is 7.74. The van der Waals surface area contributed by atoms with E-state index in [1.165, 1.54) is 0 Å². The molecule has 0 aromatic heterocycles. The molecule has 0 aliphatic rings. The highest BCUT2D eigenvalue weighted by Gasteiger charge is 2.03. The van der Waals surface area contributed by atoms with Gasteiger partial charge in [-0.2, -0.15) is 0 Å². The van der Waals surface area contributed by atoms with Crippen LogP contribution in [0.2, 0.25) is 0 Å². The maximum atomic E-state index is 9.37. The fourth-order valence-electron chi connectivity index (χ4n) is 0.787. The van der Waals surface area contributed by atoms with Crippen molar-refractivity contribution in [2.24, 2.45) is 0 Å². The number of hydrogen-bond donors (Lipinski definition) is 1. The van der Waals surface area contributed by atoms with E-state index in [1.54, 1.807) is 0 Å². The topological polar surface area (TPSA) is 38.7 Å². The van der Waals surface area contributed by atoms with Gasteiger partial charge in [0.2, 0.25) is 0 Å². The van der Waals surface area contributed by atoms with Crippen molar-refractivity contribution in [1.82, 2.24) is 0 Å². The van der Waals surface area contributed by atoms with Gasteiger partial charge < -0.3 is 14.6 Å². The summed E-state index contributed by atoms with van der Waals surface area (Å²) < 4.78 is 10.3. The van der Waals surface area contributed by atoms with E-state index < -0.39 is 6.10 Å². The fraction of sp³-hybridized carbons (Fsp3) is 0.636. The maximum Gasteiger partial charge on any atom is 0.101 e. The van der Waals surface area contributed by atoms with Crippen LogP contribution in [0.25, 0.3) is 0 Å². The summed E-state index contributed by atoms with van der Waals surface area (Å²) in [6, 6.07) is 0. The molecule has 82 valence electrons. The van der Waals surface area contributed by atoms with Crippen LogP contribution < -0.4 is 0 Å². The molecule has 0 atom stereocenters. The molecule has 0 aliphatic carbocycles. The Morgan fingerprint density at radius 1 is 1.07 bits per heavy atom. The number of aliphatic hydroxyl groups is 1. The predicted molar refractivity (Wildman–Crippen MR) is 57.3 cm³/mol. The molecule has 0 fully saturated rings. The van der Waals surface area contributed by atoms with Gasteiger partial charge in [-0.1, -0.05) is 24.3 Å². The first-order chi connectivity index (χ1) is 6.52. The Bertz CT molecular complexity index is 167. The van der Waals surface area contributed by atoms with E-state index in [4.69, 9.17) is 9.47 Å². The van der Waals surface area contributed by atoms with Gasteiger partial charge in [0, 0.05) is 0 Å². The Morgan fingerprint density at radius 3 is 1.71 bits per heavy atom. The van der Waals surface area contributed by atoms with Gasteiger partial charge in [-0.25, -0.2) is 0 Å². The first kappa shape index (κ1) is 13.4. The summed E-state index contributed by atoms with van der Waals surface area (Å²) in [6.07, 6.45) is -0.575. The van der Waals surface area contributed by atoms with Crippen molar-refractivity contribution in [1.29, 1.82) is 0 Å². The van der Waals surface area contributed by atoms with E-state index in [-0.39, 0.29) is 13.2 Å². The molecule has 14 heavy (non-hydrogen) atoms. The minimum atomic E-state index is -0.575. The normalized spacial score (nSPS) is 10.6. The van der Waals surface area contributed by atoms with Crippen LogP contribution in [0.3, 0.4) is 0 Å². The van der Waals surface area contributed by atoms with Crippen molar-refractivity contribution in [2.75, 3.05) is 26.4 Å². The quantitative estimate of drug-likeness (QED) is 0.604. The van der Waals surface area contributed by atoms with Gasteiger partial charge >= 0.3 is 0 Å². The lowest BCUT2D eigenvalue weighted by Gasteiger charge is -2.11. The summed E-state index contributed by atoms with van der Waals surface area (Å²) in [6.45, 7) is 12.7. The summed E-state index contributed by atoms with van der Waals surface area (Å²) in [7, 11) is 0. The first-order valence-corrected chi connectivity index (χ1v) is 4.64.